The van der Waals surface area contributed by atoms with Gasteiger partial charge in [-0.2, -0.15) is 0 Å². The number of rotatable bonds is 3. The summed E-state index contributed by atoms with van der Waals surface area (Å²) in [6.07, 6.45) is 0.670. The molecule has 110 valence electrons. The summed E-state index contributed by atoms with van der Waals surface area (Å²) in [5.74, 6) is -0.139. The normalized spacial score (nSPS) is 23.0. The Labute approximate surface area is 128 Å². The third-order valence-corrected chi connectivity index (χ3v) is 5.06. The zero-order valence-electron chi connectivity index (χ0n) is 11.4. The van der Waals surface area contributed by atoms with Crippen molar-refractivity contribution in [3.05, 3.63) is 27.7 Å². The molecule has 1 aliphatic heterocycles. The average molecular weight is 317 g/mol. The van der Waals surface area contributed by atoms with Crippen LogP contribution in [0.15, 0.2) is 12.1 Å². The molecule has 1 aromatic rings. The molecule has 6 heteroatoms. The van der Waals surface area contributed by atoms with Crippen molar-refractivity contribution >= 4 is 29.1 Å². The second-order valence-corrected chi connectivity index (χ2v) is 6.56. The van der Waals surface area contributed by atoms with Gasteiger partial charge in [0.25, 0.3) is 0 Å². The van der Waals surface area contributed by atoms with Gasteiger partial charge in [0.1, 0.15) is 5.75 Å². The molecule has 0 bridgehead atoms. The highest BCUT2D eigenvalue weighted by Crippen LogP contribution is 2.44. The van der Waals surface area contributed by atoms with Crippen LogP contribution in [0.2, 0.25) is 10.0 Å². The number of nitrogens with two attached hydrogens (primary N) is 1. The van der Waals surface area contributed by atoms with Crippen LogP contribution >= 0.6 is 23.2 Å². The van der Waals surface area contributed by atoms with Gasteiger partial charge in [0.2, 0.25) is 5.91 Å². The van der Waals surface area contributed by atoms with Crippen molar-refractivity contribution in [2.24, 2.45) is 17.1 Å². The van der Waals surface area contributed by atoms with Crippen molar-refractivity contribution < 1.29 is 9.90 Å². The average Bonchev–Trinajstić information content (AvgIpc) is 2.84. The van der Waals surface area contributed by atoms with Crippen molar-refractivity contribution in [1.29, 1.82) is 0 Å². The molecule has 1 amide bonds. The number of carbonyl (C=O) groups is 1. The third-order valence-electron chi connectivity index (χ3n) is 4.24. The van der Waals surface area contributed by atoms with Gasteiger partial charge in [0, 0.05) is 17.0 Å². The summed E-state index contributed by atoms with van der Waals surface area (Å²) >= 11 is 12.2. The van der Waals surface area contributed by atoms with Crippen LogP contribution in [0.3, 0.4) is 0 Å². The third kappa shape index (κ3) is 2.60. The minimum absolute atomic E-state index is 0.0828. The molecule has 20 heavy (non-hydrogen) atoms. The van der Waals surface area contributed by atoms with E-state index in [1.54, 1.807) is 6.07 Å². The van der Waals surface area contributed by atoms with Gasteiger partial charge < -0.3 is 16.2 Å². The standard InChI is InChI=1S/C14H18Cl2N2O2/c1-14(2,13(17)20)7-5-9(18-6-7)11-10(19)4-3-8(15)12(11)16/h3-4,7,9,18-19H,5-6H2,1-2H3,(H2,17,20)/t7-,9-/m1/s1. The number of aromatic hydroxyl groups is 1. The Hall–Kier alpha value is -0.970. The van der Waals surface area contributed by atoms with Gasteiger partial charge >= 0.3 is 0 Å². The second-order valence-electron chi connectivity index (χ2n) is 5.77. The summed E-state index contributed by atoms with van der Waals surface area (Å²) in [4.78, 5) is 11.5. The number of nitrogens with one attached hydrogen (secondary N) is 1. The molecule has 1 fully saturated rings. The minimum atomic E-state index is -0.609. The Balaban J connectivity index is 2.27. The lowest BCUT2D eigenvalue weighted by Crippen LogP contribution is -2.39. The molecule has 0 saturated carbocycles. The number of phenolic OH excluding ortho intramolecular Hbond substituents is 1. The van der Waals surface area contributed by atoms with Gasteiger partial charge in [0.05, 0.1) is 10.0 Å². The molecule has 1 aliphatic rings. The highest BCUT2D eigenvalue weighted by Gasteiger charge is 2.41. The predicted molar refractivity (Wildman–Crippen MR) is 80.0 cm³/mol. The largest absolute Gasteiger partial charge is 0.508 e. The van der Waals surface area contributed by atoms with E-state index in [9.17, 15) is 9.90 Å². The maximum Gasteiger partial charge on any atom is 0.223 e. The van der Waals surface area contributed by atoms with Gasteiger partial charge in [-0.15, -0.1) is 0 Å². The molecular weight excluding hydrogens is 299 g/mol. The van der Waals surface area contributed by atoms with E-state index in [-0.39, 0.29) is 23.6 Å². The first kappa shape index (κ1) is 15.4. The summed E-state index contributed by atoms with van der Waals surface area (Å²) in [5, 5.41) is 14.0. The number of hydrogen-bond acceptors (Lipinski definition) is 3. The molecule has 0 spiro atoms. The van der Waals surface area contributed by atoms with Gasteiger partial charge in [-0.1, -0.05) is 37.0 Å². The van der Waals surface area contributed by atoms with Crippen molar-refractivity contribution in [1.82, 2.24) is 5.32 Å². The molecule has 4 N–H and O–H groups in total. The molecule has 0 aliphatic carbocycles. The first-order valence-electron chi connectivity index (χ1n) is 6.45. The van der Waals surface area contributed by atoms with E-state index in [2.05, 4.69) is 5.32 Å². The fraction of sp³-hybridized carbons (Fsp3) is 0.500. The lowest BCUT2D eigenvalue weighted by molar-refractivity contribution is -0.128. The number of amides is 1. The van der Waals surface area contributed by atoms with Gasteiger partial charge in [-0.05, 0) is 31.0 Å². The number of carbonyl (C=O) groups excluding carboxylic acids is 1. The molecule has 2 rings (SSSR count). The number of phenols is 1. The highest BCUT2D eigenvalue weighted by molar-refractivity contribution is 6.42. The number of primary amides is 1. The van der Waals surface area contributed by atoms with Gasteiger partial charge in [-0.3, -0.25) is 4.79 Å². The smallest absolute Gasteiger partial charge is 0.223 e. The van der Waals surface area contributed by atoms with E-state index >= 15 is 0 Å². The Morgan fingerprint density at radius 1 is 1.45 bits per heavy atom. The summed E-state index contributed by atoms with van der Waals surface area (Å²) in [7, 11) is 0. The fourth-order valence-corrected chi connectivity index (χ4v) is 3.05. The van der Waals surface area contributed by atoms with Crippen LogP contribution in [0, 0.1) is 11.3 Å². The molecule has 1 saturated heterocycles. The second kappa shape index (κ2) is 5.43. The summed E-state index contributed by atoms with van der Waals surface area (Å²) in [6.45, 7) is 4.32. The molecule has 2 atom stereocenters. The van der Waals surface area contributed by atoms with E-state index in [1.165, 1.54) is 6.07 Å². The van der Waals surface area contributed by atoms with E-state index < -0.39 is 5.41 Å². The van der Waals surface area contributed by atoms with Crippen LogP contribution < -0.4 is 11.1 Å². The van der Waals surface area contributed by atoms with E-state index in [0.717, 1.165) is 0 Å². The van der Waals surface area contributed by atoms with Crippen LogP contribution in [0.1, 0.15) is 31.9 Å². The number of benzene rings is 1. The van der Waals surface area contributed by atoms with Crippen LogP contribution in [0.5, 0.6) is 5.75 Å². The first-order valence-corrected chi connectivity index (χ1v) is 7.21. The Morgan fingerprint density at radius 3 is 2.70 bits per heavy atom. The lowest BCUT2D eigenvalue weighted by Gasteiger charge is -2.27. The van der Waals surface area contributed by atoms with Crippen LogP contribution in [0.4, 0.5) is 0 Å². The van der Waals surface area contributed by atoms with Crippen LogP contribution in [0.25, 0.3) is 0 Å². The summed E-state index contributed by atoms with van der Waals surface area (Å²) in [6, 6.07) is 2.95. The van der Waals surface area contributed by atoms with E-state index in [0.29, 0.717) is 28.6 Å². The molecule has 0 aromatic heterocycles. The molecule has 1 aromatic carbocycles. The Bertz CT molecular complexity index is 546. The summed E-state index contributed by atoms with van der Waals surface area (Å²) in [5.41, 5.74) is 5.43. The number of hydrogen-bond donors (Lipinski definition) is 3. The van der Waals surface area contributed by atoms with Gasteiger partial charge in [-0.25, -0.2) is 0 Å². The maximum absolute atomic E-state index is 11.5. The monoisotopic (exact) mass is 316 g/mol. The lowest BCUT2D eigenvalue weighted by atomic mass is 9.76. The maximum atomic E-state index is 11.5. The quantitative estimate of drug-likeness (QED) is 0.802. The predicted octanol–water partition coefficient (Wildman–Crippen LogP) is 2.86. The zero-order valence-corrected chi connectivity index (χ0v) is 12.9. The molecule has 4 nitrogen and oxygen atoms in total. The molecule has 1 heterocycles. The van der Waals surface area contributed by atoms with Crippen molar-refractivity contribution in [2.75, 3.05) is 6.54 Å². The van der Waals surface area contributed by atoms with Crippen molar-refractivity contribution in [3.8, 4) is 5.75 Å². The molecule has 0 radical (unpaired) electrons. The Kier molecular flexibility index (Phi) is 4.19. The fourth-order valence-electron chi connectivity index (χ4n) is 2.59. The van der Waals surface area contributed by atoms with Crippen molar-refractivity contribution in [3.63, 3.8) is 0 Å². The van der Waals surface area contributed by atoms with E-state index in [4.69, 9.17) is 28.9 Å². The molecular formula is C14H18Cl2N2O2. The van der Waals surface area contributed by atoms with Crippen LogP contribution in [-0.4, -0.2) is 17.6 Å². The summed E-state index contributed by atoms with van der Waals surface area (Å²) < 4.78 is 0. The van der Waals surface area contributed by atoms with Crippen molar-refractivity contribution in [2.45, 2.75) is 26.3 Å². The minimum Gasteiger partial charge on any atom is -0.508 e. The Morgan fingerprint density at radius 2 is 2.10 bits per heavy atom. The number of halogens is 2. The first-order chi connectivity index (χ1) is 9.25. The van der Waals surface area contributed by atoms with Crippen LogP contribution in [-0.2, 0) is 4.79 Å². The van der Waals surface area contributed by atoms with E-state index in [1.807, 2.05) is 13.8 Å². The van der Waals surface area contributed by atoms with Gasteiger partial charge in [0.15, 0.2) is 0 Å². The topological polar surface area (TPSA) is 75.4 Å². The zero-order chi connectivity index (χ0) is 15.1. The SMILES string of the molecule is CC(C)(C(N)=O)[C@H]1CN[C@@H](c2c(O)ccc(Cl)c2Cl)C1. The highest BCUT2D eigenvalue weighted by atomic mass is 35.5. The molecule has 0 unspecified atom stereocenters.